The van der Waals surface area contributed by atoms with Crippen molar-refractivity contribution in [3.8, 4) is 0 Å². The molecule has 0 saturated heterocycles. The van der Waals surface area contributed by atoms with Crippen LogP contribution in [0, 0.1) is 0 Å². The number of rotatable bonds is 3. The number of fused-ring (bicyclic) bond motifs is 1. The van der Waals surface area contributed by atoms with E-state index in [1.165, 1.54) is 11.3 Å². The first-order valence-corrected chi connectivity index (χ1v) is 11.2. The maximum absolute atomic E-state index is 14.6. The lowest BCUT2D eigenvalue weighted by Gasteiger charge is -2.28. The van der Waals surface area contributed by atoms with E-state index in [0.717, 1.165) is 15.9 Å². The second-order valence-corrected chi connectivity index (χ2v) is 10.8. The highest BCUT2D eigenvalue weighted by Gasteiger charge is 2.41. The zero-order chi connectivity index (χ0) is 19.2. The van der Waals surface area contributed by atoms with E-state index in [1.807, 2.05) is 60.7 Å². The highest BCUT2D eigenvalue weighted by Crippen LogP contribution is 2.48. The first-order chi connectivity index (χ1) is 12.9. The van der Waals surface area contributed by atoms with Gasteiger partial charge in [-0.05, 0) is 30.7 Å². The Morgan fingerprint density at radius 2 is 1.33 bits per heavy atom. The monoisotopic (exact) mass is 375 g/mol. The van der Waals surface area contributed by atoms with Crippen LogP contribution in [0.25, 0.3) is 0 Å². The molecule has 0 radical (unpaired) electrons. The first-order valence-electron chi connectivity index (χ1n) is 9.46. The first kappa shape index (κ1) is 18.1. The van der Waals surface area contributed by atoms with E-state index in [4.69, 9.17) is 0 Å². The van der Waals surface area contributed by atoms with Gasteiger partial charge in [0, 0.05) is 40.1 Å². The van der Waals surface area contributed by atoms with E-state index in [2.05, 4.69) is 50.9 Å². The number of anilines is 1. The predicted molar refractivity (Wildman–Crippen MR) is 117 cm³/mol. The van der Waals surface area contributed by atoms with Crippen molar-refractivity contribution in [2.45, 2.75) is 32.2 Å². The Morgan fingerprint density at radius 1 is 0.815 bits per heavy atom. The fourth-order valence-electron chi connectivity index (χ4n) is 4.18. The van der Waals surface area contributed by atoms with Gasteiger partial charge in [0.25, 0.3) is 0 Å². The predicted octanol–water partition coefficient (Wildman–Crippen LogP) is 4.44. The normalized spacial score (nSPS) is 18.4. The molecule has 0 amide bonds. The van der Waals surface area contributed by atoms with Crippen molar-refractivity contribution in [2.75, 3.05) is 11.9 Å². The van der Waals surface area contributed by atoms with Crippen molar-refractivity contribution in [3.63, 3.8) is 0 Å². The van der Waals surface area contributed by atoms with Gasteiger partial charge in [-0.1, -0.05) is 74.5 Å². The second kappa shape index (κ2) is 6.39. The fraction of sp³-hybridized carbons (Fsp3) is 0.250. The van der Waals surface area contributed by atoms with E-state index in [1.54, 1.807) is 0 Å². The molecule has 3 aromatic carbocycles. The topological polar surface area (TPSA) is 20.3 Å². The van der Waals surface area contributed by atoms with Crippen molar-refractivity contribution < 1.29 is 4.57 Å². The summed E-state index contributed by atoms with van der Waals surface area (Å²) in [6.45, 7) is 6.81. The van der Waals surface area contributed by atoms with Gasteiger partial charge in [-0.15, -0.1) is 0 Å². The van der Waals surface area contributed by atoms with Crippen molar-refractivity contribution >= 4 is 28.7 Å². The molecule has 0 saturated carbocycles. The molecule has 1 heterocycles. The lowest BCUT2D eigenvalue weighted by Crippen LogP contribution is -2.36. The van der Waals surface area contributed by atoms with E-state index in [0.29, 0.717) is 6.04 Å². The van der Waals surface area contributed by atoms with Gasteiger partial charge in [-0.2, -0.15) is 0 Å². The molecule has 27 heavy (non-hydrogen) atoms. The van der Waals surface area contributed by atoms with Crippen LogP contribution in [-0.2, 0) is 9.98 Å². The largest absolute Gasteiger partial charge is 0.371 e. The van der Waals surface area contributed by atoms with Crippen LogP contribution in [0.1, 0.15) is 26.3 Å². The minimum atomic E-state index is -2.92. The Hall–Kier alpha value is -2.31. The Balaban J connectivity index is 1.97. The van der Waals surface area contributed by atoms with Crippen LogP contribution in [0.15, 0.2) is 78.9 Å². The minimum absolute atomic E-state index is 0.0122. The molecule has 4 rings (SSSR count). The van der Waals surface area contributed by atoms with Crippen LogP contribution in [0.4, 0.5) is 5.69 Å². The molecule has 0 N–H and O–H groups in total. The summed E-state index contributed by atoms with van der Waals surface area (Å²) < 4.78 is 14.6. The van der Waals surface area contributed by atoms with E-state index in [9.17, 15) is 4.57 Å². The van der Waals surface area contributed by atoms with Gasteiger partial charge in [0.05, 0.1) is 0 Å². The molecule has 3 heteroatoms. The van der Waals surface area contributed by atoms with Crippen molar-refractivity contribution in [1.82, 2.24) is 0 Å². The standard InChI is InChI=1S/C24H26NOP/c1-18-24(2,3)22-17-21(15-16-23(22)25(18)4)27(26,19-11-7-5-8-12-19)20-13-9-6-10-14-20/h5-18H,1-4H3/t18-/m0/s1. The molecule has 2 nitrogen and oxygen atoms in total. The minimum Gasteiger partial charge on any atom is -0.371 e. The smallest absolute Gasteiger partial charge is 0.171 e. The molecule has 0 fully saturated rings. The lowest BCUT2D eigenvalue weighted by atomic mass is 9.81. The Bertz CT molecular complexity index is 968. The van der Waals surface area contributed by atoms with Crippen molar-refractivity contribution in [3.05, 3.63) is 84.4 Å². The molecule has 0 unspecified atom stereocenters. The van der Waals surface area contributed by atoms with Gasteiger partial charge >= 0.3 is 0 Å². The molecule has 0 spiro atoms. The third-order valence-electron chi connectivity index (χ3n) is 6.28. The van der Waals surface area contributed by atoms with Gasteiger partial charge < -0.3 is 9.46 Å². The van der Waals surface area contributed by atoms with E-state index < -0.39 is 7.14 Å². The Kier molecular flexibility index (Phi) is 4.28. The lowest BCUT2D eigenvalue weighted by molar-refractivity contribution is 0.454. The van der Waals surface area contributed by atoms with Gasteiger partial charge in [0.15, 0.2) is 7.14 Å². The number of nitrogens with zero attached hydrogens (tertiary/aromatic N) is 1. The summed E-state index contributed by atoms with van der Waals surface area (Å²) in [6, 6.07) is 26.6. The van der Waals surface area contributed by atoms with Gasteiger partial charge in [-0.25, -0.2) is 0 Å². The third kappa shape index (κ3) is 2.66. The van der Waals surface area contributed by atoms with Crippen molar-refractivity contribution in [1.29, 1.82) is 0 Å². The molecule has 1 aliphatic rings. The zero-order valence-electron chi connectivity index (χ0n) is 16.4. The summed E-state index contributed by atoms with van der Waals surface area (Å²) in [6.07, 6.45) is 0. The zero-order valence-corrected chi connectivity index (χ0v) is 17.3. The summed E-state index contributed by atoms with van der Waals surface area (Å²) in [7, 11) is -0.778. The summed E-state index contributed by atoms with van der Waals surface area (Å²) in [5.74, 6) is 0. The second-order valence-electron chi connectivity index (χ2n) is 7.99. The van der Waals surface area contributed by atoms with Crippen LogP contribution >= 0.6 is 7.14 Å². The highest BCUT2D eigenvalue weighted by molar-refractivity contribution is 7.85. The Morgan fingerprint density at radius 3 is 1.85 bits per heavy atom. The molecule has 1 atom stereocenters. The summed E-state index contributed by atoms with van der Waals surface area (Å²) in [5.41, 5.74) is 2.53. The number of likely N-dealkylation sites (N-methyl/N-ethyl adjacent to an activating group) is 1. The molecule has 138 valence electrons. The quantitative estimate of drug-likeness (QED) is 0.631. The van der Waals surface area contributed by atoms with Gasteiger partial charge in [0.1, 0.15) is 0 Å². The number of benzene rings is 3. The van der Waals surface area contributed by atoms with Crippen LogP contribution in [-0.4, -0.2) is 13.1 Å². The van der Waals surface area contributed by atoms with E-state index >= 15 is 0 Å². The average Bonchev–Trinajstić information content (AvgIpc) is 2.89. The van der Waals surface area contributed by atoms with Crippen LogP contribution in [0.2, 0.25) is 0 Å². The Labute approximate surface area is 162 Å². The molecule has 0 bridgehead atoms. The van der Waals surface area contributed by atoms with Crippen molar-refractivity contribution in [2.24, 2.45) is 0 Å². The highest BCUT2D eigenvalue weighted by atomic mass is 31.2. The maximum atomic E-state index is 14.6. The SMILES string of the molecule is C[C@@H]1N(C)c2ccc(P(=O)(c3ccccc3)c3ccccc3)cc2C1(C)C. The van der Waals surface area contributed by atoms with E-state index in [-0.39, 0.29) is 5.41 Å². The van der Waals surface area contributed by atoms with Gasteiger partial charge in [-0.3, -0.25) is 0 Å². The molecular formula is C24H26NOP. The summed E-state index contributed by atoms with van der Waals surface area (Å²) >= 11 is 0. The molecule has 0 aliphatic carbocycles. The number of hydrogen-bond donors (Lipinski definition) is 0. The summed E-state index contributed by atoms with van der Waals surface area (Å²) in [4.78, 5) is 2.33. The fourth-order valence-corrected chi connectivity index (χ4v) is 6.86. The van der Waals surface area contributed by atoms with Gasteiger partial charge in [0.2, 0.25) is 0 Å². The molecular weight excluding hydrogens is 349 g/mol. The third-order valence-corrected chi connectivity index (χ3v) is 9.34. The molecule has 3 aromatic rings. The van der Waals surface area contributed by atoms with Crippen LogP contribution in [0.3, 0.4) is 0 Å². The maximum Gasteiger partial charge on any atom is 0.171 e. The molecule has 0 aromatic heterocycles. The van der Waals surface area contributed by atoms with Crippen LogP contribution < -0.4 is 20.8 Å². The number of hydrogen-bond acceptors (Lipinski definition) is 2. The summed E-state index contributed by atoms with van der Waals surface area (Å²) in [5, 5.41) is 2.68. The molecule has 1 aliphatic heterocycles. The van der Waals surface area contributed by atoms with Crippen LogP contribution in [0.5, 0.6) is 0 Å². The average molecular weight is 375 g/mol.